The topological polar surface area (TPSA) is 74.3 Å². The number of nitrogens with zero attached hydrogens (tertiary/aromatic N) is 2. The predicted octanol–water partition coefficient (Wildman–Crippen LogP) is 2.83. The highest BCUT2D eigenvalue weighted by atomic mass is 35.5. The van der Waals surface area contributed by atoms with Crippen molar-refractivity contribution < 1.29 is 9.59 Å². The summed E-state index contributed by atoms with van der Waals surface area (Å²) >= 11 is 5.80. The van der Waals surface area contributed by atoms with Crippen LogP contribution in [0, 0.1) is 5.92 Å². The minimum absolute atomic E-state index is 0.00366. The lowest BCUT2D eigenvalue weighted by molar-refractivity contribution is -0.123. The molecule has 2 fully saturated rings. The number of anilines is 1. The van der Waals surface area contributed by atoms with Crippen molar-refractivity contribution in [2.45, 2.75) is 51.0 Å². The third kappa shape index (κ3) is 5.68. The van der Waals surface area contributed by atoms with Gasteiger partial charge in [-0.05, 0) is 50.9 Å². The van der Waals surface area contributed by atoms with E-state index in [9.17, 15) is 9.59 Å². The first-order valence-corrected chi connectivity index (χ1v) is 9.92. The number of aromatic nitrogens is 1. The molecule has 7 heteroatoms. The normalized spacial score (nSPS) is 19.4. The monoisotopic (exact) mass is 378 g/mol. The SMILES string of the molecule is O=C(CCN1CCC(C(=O)Nc2ccc(Cl)cn2)CC1)NC1CCCC1. The van der Waals surface area contributed by atoms with Gasteiger partial charge in [-0.2, -0.15) is 0 Å². The van der Waals surface area contributed by atoms with Crippen LogP contribution in [-0.2, 0) is 9.59 Å². The summed E-state index contributed by atoms with van der Waals surface area (Å²) in [6.07, 6.45) is 8.38. The van der Waals surface area contributed by atoms with E-state index in [1.165, 1.54) is 19.0 Å². The van der Waals surface area contributed by atoms with Gasteiger partial charge >= 0.3 is 0 Å². The van der Waals surface area contributed by atoms with Crippen LogP contribution < -0.4 is 10.6 Å². The molecule has 0 aromatic carbocycles. The predicted molar refractivity (Wildman–Crippen MR) is 102 cm³/mol. The summed E-state index contributed by atoms with van der Waals surface area (Å²) in [4.78, 5) is 30.8. The molecule has 0 spiro atoms. The van der Waals surface area contributed by atoms with Gasteiger partial charge in [0.25, 0.3) is 0 Å². The van der Waals surface area contributed by atoms with Crippen LogP contribution in [0.4, 0.5) is 5.82 Å². The van der Waals surface area contributed by atoms with Gasteiger partial charge in [0, 0.05) is 31.1 Å². The van der Waals surface area contributed by atoms with E-state index < -0.39 is 0 Å². The first kappa shape index (κ1) is 19.1. The molecule has 26 heavy (non-hydrogen) atoms. The Kier molecular flexibility index (Phi) is 6.86. The van der Waals surface area contributed by atoms with Crippen molar-refractivity contribution in [3.8, 4) is 0 Å². The van der Waals surface area contributed by atoms with Gasteiger partial charge in [0.1, 0.15) is 5.82 Å². The number of halogens is 1. The minimum Gasteiger partial charge on any atom is -0.353 e. The number of piperidine rings is 1. The quantitative estimate of drug-likeness (QED) is 0.798. The molecule has 0 unspecified atom stereocenters. The number of carbonyl (C=O) groups is 2. The molecule has 1 saturated carbocycles. The van der Waals surface area contributed by atoms with Gasteiger partial charge in [-0.15, -0.1) is 0 Å². The zero-order chi connectivity index (χ0) is 18.4. The summed E-state index contributed by atoms with van der Waals surface area (Å²) in [5.74, 6) is 0.700. The Morgan fingerprint density at radius 3 is 2.54 bits per heavy atom. The van der Waals surface area contributed by atoms with Crippen molar-refractivity contribution in [1.29, 1.82) is 0 Å². The van der Waals surface area contributed by atoms with Gasteiger partial charge in [0.2, 0.25) is 11.8 Å². The lowest BCUT2D eigenvalue weighted by Crippen LogP contribution is -2.40. The third-order valence-electron chi connectivity index (χ3n) is 5.31. The highest BCUT2D eigenvalue weighted by Crippen LogP contribution is 2.20. The van der Waals surface area contributed by atoms with Crippen LogP contribution >= 0.6 is 11.6 Å². The van der Waals surface area contributed by atoms with Crippen LogP contribution in [0.5, 0.6) is 0 Å². The molecule has 1 aliphatic heterocycles. The Balaban J connectivity index is 1.34. The molecule has 2 N–H and O–H groups in total. The second-order valence-corrected chi connectivity index (χ2v) is 7.70. The Hall–Kier alpha value is -1.66. The van der Waals surface area contributed by atoms with Crippen LogP contribution in [0.15, 0.2) is 18.3 Å². The van der Waals surface area contributed by atoms with Gasteiger partial charge < -0.3 is 15.5 Å². The van der Waals surface area contributed by atoms with Crippen LogP contribution in [0.1, 0.15) is 44.9 Å². The fourth-order valence-corrected chi connectivity index (χ4v) is 3.84. The van der Waals surface area contributed by atoms with Crippen LogP contribution in [-0.4, -0.2) is 47.4 Å². The molecule has 1 aromatic heterocycles. The van der Waals surface area contributed by atoms with Gasteiger partial charge in [-0.3, -0.25) is 9.59 Å². The zero-order valence-electron chi connectivity index (χ0n) is 15.0. The molecule has 1 aliphatic carbocycles. The van der Waals surface area contributed by atoms with Gasteiger partial charge in [-0.1, -0.05) is 24.4 Å². The van der Waals surface area contributed by atoms with E-state index in [-0.39, 0.29) is 17.7 Å². The first-order chi connectivity index (χ1) is 12.6. The van der Waals surface area contributed by atoms with Crippen molar-refractivity contribution in [2.24, 2.45) is 5.92 Å². The fraction of sp³-hybridized carbons (Fsp3) is 0.632. The summed E-state index contributed by atoms with van der Waals surface area (Å²) in [5, 5.41) is 6.53. The number of pyridine rings is 1. The van der Waals surface area contributed by atoms with Crippen LogP contribution in [0.2, 0.25) is 5.02 Å². The number of carbonyl (C=O) groups excluding carboxylic acids is 2. The van der Waals surface area contributed by atoms with E-state index in [0.29, 0.717) is 23.3 Å². The highest BCUT2D eigenvalue weighted by molar-refractivity contribution is 6.30. The van der Waals surface area contributed by atoms with Gasteiger partial charge in [-0.25, -0.2) is 4.98 Å². The molecule has 0 bridgehead atoms. The molecule has 0 radical (unpaired) electrons. The average molecular weight is 379 g/mol. The molecule has 2 aliphatic rings. The van der Waals surface area contributed by atoms with E-state index in [4.69, 9.17) is 11.6 Å². The number of hydrogen-bond acceptors (Lipinski definition) is 4. The highest BCUT2D eigenvalue weighted by Gasteiger charge is 2.25. The zero-order valence-corrected chi connectivity index (χ0v) is 15.8. The number of nitrogens with one attached hydrogen (secondary N) is 2. The van der Waals surface area contributed by atoms with E-state index >= 15 is 0 Å². The molecular formula is C19H27ClN4O2. The number of amides is 2. The molecule has 1 aromatic rings. The lowest BCUT2D eigenvalue weighted by atomic mass is 9.96. The van der Waals surface area contributed by atoms with Crippen molar-refractivity contribution >= 4 is 29.2 Å². The summed E-state index contributed by atoms with van der Waals surface area (Å²) in [7, 11) is 0. The summed E-state index contributed by atoms with van der Waals surface area (Å²) in [5.41, 5.74) is 0. The van der Waals surface area contributed by atoms with Crippen LogP contribution in [0.25, 0.3) is 0 Å². The van der Waals surface area contributed by atoms with Crippen LogP contribution in [0.3, 0.4) is 0 Å². The Morgan fingerprint density at radius 1 is 1.15 bits per heavy atom. The Bertz CT molecular complexity index is 608. The average Bonchev–Trinajstić information content (AvgIpc) is 3.15. The molecular weight excluding hydrogens is 352 g/mol. The number of hydrogen-bond donors (Lipinski definition) is 2. The van der Waals surface area contributed by atoms with Gasteiger partial charge in [0.15, 0.2) is 0 Å². The molecule has 1 saturated heterocycles. The van der Waals surface area contributed by atoms with Crippen molar-refractivity contribution in [3.05, 3.63) is 23.4 Å². The smallest absolute Gasteiger partial charge is 0.228 e. The molecule has 2 amide bonds. The molecule has 3 rings (SSSR count). The maximum absolute atomic E-state index is 12.4. The second-order valence-electron chi connectivity index (χ2n) is 7.27. The summed E-state index contributed by atoms with van der Waals surface area (Å²) < 4.78 is 0. The fourth-order valence-electron chi connectivity index (χ4n) is 3.73. The maximum Gasteiger partial charge on any atom is 0.228 e. The second kappa shape index (κ2) is 9.33. The minimum atomic E-state index is -0.00366. The third-order valence-corrected chi connectivity index (χ3v) is 5.54. The van der Waals surface area contributed by atoms with Gasteiger partial charge in [0.05, 0.1) is 5.02 Å². The van der Waals surface area contributed by atoms with E-state index in [1.807, 2.05) is 0 Å². The number of likely N-dealkylation sites (tertiary alicyclic amines) is 1. The van der Waals surface area contributed by atoms with Crippen molar-refractivity contribution in [2.75, 3.05) is 25.0 Å². The standard InChI is InChI=1S/C19H27ClN4O2/c20-15-5-6-17(21-13-15)23-19(26)14-7-10-24(11-8-14)12-9-18(25)22-16-3-1-2-4-16/h5-6,13-14,16H,1-4,7-12H2,(H,22,25)(H,21,23,26). The van der Waals surface area contributed by atoms with Crippen molar-refractivity contribution in [1.82, 2.24) is 15.2 Å². The largest absolute Gasteiger partial charge is 0.353 e. The summed E-state index contributed by atoms with van der Waals surface area (Å²) in [6, 6.07) is 3.81. The van der Waals surface area contributed by atoms with E-state index in [2.05, 4.69) is 20.5 Å². The molecule has 0 atom stereocenters. The van der Waals surface area contributed by atoms with Crippen molar-refractivity contribution in [3.63, 3.8) is 0 Å². The number of rotatable bonds is 6. The van der Waals surface area contributed by atoms with E-state index in [0.717, 1.165) is 45.3 Å². The lowest BCUT2D eigenvalue weighted by Gasteiger charge is -2.31. The summed E-state index contributed by atoms with van der Waals surface area (Å²) in [6.45, 7) is 2.47. The Morgan fingerprint density at radius 2 is 1.88 bits per heavy atom. The molecule has 142 valence electrons. The first-order valence-electron chi connectivity index (χ1n) is 9.54. The molecule has 6 nitrogen and oxygen atoms in total. The van der Waals surface area contributed by atoms with E-state index in [1.54, 1.807) is 12.1 Å². The maximum atomic E-state index is 12.4. The Labute approximate surface area is 159 Å². The molecule has 2 heterocycles.